The molecular weight excluding hydrogens is 218 g/mol. The fourth-order valence-corrected chi connectivity index (χ4v) is 1.95. The van der Waals surface area contributed by atoms with Gasteiger partial charge in [-0.05, 0) is 6.92 Å². The smallest absolute Gasteiger partial charge is 0.280 e. The second kappa shape index (κ2) is 3.39. The van der Waals surface area contributed by atoms with Crippen LogP contribution in [0.2, 0.25) is 0 Å². The van der Waals surface area contributed by atoms with Crippen LogP contribution in [-0.2, 0) is 10.0 Å². The van der Waals surface area contributed by atoms with Gasteiger partial charge < -0.3 is 4.98 Å². The Balaban J connectivity index is 2.26. The number of H-pyrrole nitrogens is 2. The molecule has 0 aliphatic heterocycles. The van der Waals surface area contributed by atoms with Crippen LogP contribution in [0.1, 0.15) is 5.69 Å². The first-order chi connectivity index (χ1) is 7.08. The Hall–Kier alpha value is -1.83. The van der Waals surface area contributed by atoms with E-state index in [-0.39, 0.29) is 10.8 Å². The van der Waals surface area contributed by atoms with Gasteiger partial charge in [0.15, 0.2) is 10.8 Å². The van der Waals surface area contributed by atoms with Gasteiger partial charge in [-0.2, -0.15) is 13.5 Å². The SMILES string of the molecule is Cc1cc(NS(=O)(=O)c2cnc[nH]2)n[nH]1. The number of hydrogen-bond acceptors (Lipinski definition) is 4. The molecule has 0 fully saturated rings. The number of anilines is 1. The first kappa shape index (κ1) is 9.71. The maximum Gasteiger partial charge on any atom is 0.280 e. The van der Waals surface area contributed by atoms with Gasteiger partial charge in [-0.25, -0.2) is 4.98 Å². The van der Waals surface area contributed by atoms with Crippen LogP contribution < -0.4 is 4.72 Å². The number of aromatic nitrogens is 4. The monoisotopic (exact) mass is 227 g/mol. The highest BCUT2D eigenvalue weighted by molar-refractivity contribution is 7.92. The van der Waals surface area contributed by atoms with Crippen LogP contribution in [0, 0.1) is 6.92 Å². The fourth-order valence-electron chi connectivity index (χ4n) is 1.05. The number of rotatable bonds is 3. The Labute approximate surface area is 86.0 Å². The lowest BCUT2D eigenvalue weighted by Gasteiger charge is -2.00. The minimum atomic E-state index is -3.61. The van der Waals surface area contributed by atoms with Gasteiger partial charge in [-0.15, -0.1) is 0 Å². The van der Waals surface area contributed by atoms with E-state index >= 15 is 0 Å². The first-order valence-electron chi connectivity index (χ1n) is 4.11. The van der Waals surface area contributed by atoms with E-state index in [9.17, 15) is 8.42 Å². The molecule has 0 aromatic carbocycles. The molecule has 0 aliphatic rings. The third-order valence-electron chi connectivity index (χ3n) is 1.71. The average molecular weight is 227 g/mol. The van der Waals surface area contributed by atoms with Crippen LogP contribution in [0.3, 0.4) is 0 Å². The molecule has 0 atom stereocenters. The molecule has 0 saturated heterocycles. The summed E-state index contributed by atoms with van der Waals surface area (Å²) in [4.78, 5) is 6.14. The number of aryl methyl sites for hydroxylation is 1. The number of aromatic amines is 2. The Morgan fingerprint density at radius 3 is 2.80 bits per heavy atom. The van der Waals surface area contributed by atoms with E-state index in [1.807, 2.05) is 0 Å². The zero-order chi connectivity index (χ0) is 10.9. The molecule has 2 aromatic heterocycles. The third-order valence-corrected chi connectivity index (χ3v) is 2.99. The van der Waals surface area contributed by atoms with Crippen LogP contribution in [0.5, 0.6) is 0 Å². The van der Waals surface area contributed by atoms with Crippen molar-refractivity contribution < 1.29 is 8.42 Å². The van der Waals surface area contributed by atoms with Gasteiger partial charge in [0.1, 0.15) is 0 Å². The van der Waals surface area contributed by atoms with Gasteiger partial charge in [0, 0.05) is 11.8 Å². The molecule has 0 spiro atoms. The molecule has 0 bridgehead atoms. The topological polar surface area (TPSA) is 104 Å². The quantitative estimate of drug-likeness (QED) is 0.698. The summed E-state index contributed by atoms with van der Waals surface area (Å²) in [5.74, 6) is 0.252. The normalized spacial score (nSPS) is 11.5. The van der Waals surface area contributed by atoms with E-state index in [1.165, 1.54) is 12.5 Å². The van der Waals surface area contributed by atoms with Crippen molar-refractivity contribution in [3.63, 3.8) is 0 Å². The van der Waals surface area contributed by atoms with E-state index in [1.54, 1.807) is 13.0 Å². The molecule has 0 unspecified atom stereocenters. The Morgan fingerprint density at radius 1 is 1.47 bits per heavy atom. The third kappa shape index (κ3) is 1.99. The zero-order valence-corrected chi connectivity index (χ0v) is 8.67. The molecule has 0 saturated carbocycles. The molecule has 0 aliphatic carbocycles. The van der Waals surface area contributed by atoms with Crippen molar-refractivity contribution in [1.29, 1.82) is 0 Å². The summed E-state index contributed by atoms with van der Waals surface area (Å²) in [5.41, 5.74) is 0.775. The van der Waals surface area contributed by atoms with Crippen LogP contribution >= 0.6 is 0 Å². The standard InChI is InChI=1S/C7H9N5O2S/c1-5-2-6(11-10-5)12-15(13,14)7-3-8-4-9-7/h2-4H,1H3,(H,8,9)(H2,10,11,12). The number of nitrogens with one attached hydrogen (secondary N) is 3. The number of sulfonamides is 1. The molecule has 2 aromatic rings. The highest BCUT2D eigenvalue weighted by Gasteiger charge is 2.16. The Morgan fingerprint density at radius 2 is 2.27 bits per heavy atom. The lowest BCUT2D eigenvalue weighted by Crippen LogP contribution is -2.13. The van der Waals surface area contributed by atoms with Crippen molar-refractivity contribution >= 4 is 15.8 Å². The van der Waals surface area contributed by atoms with E-state index in [0.29, 0.717) is 0 Å². The summed E-state index contributed by atoms with van der Waals surface area (Å²) in [7, 11) is -3.61. The molecule has 3 N–H and O–H groups in total. The zero-order valence-electron chi connectivity index (χ0n) is 7.85. The molecule has 2 rings (SSSR count). The molecule has 80 valence electrons. The minimum Gasteiger partial charge on any atom is -0.334 e. The average Bonchev–Trinajstić information content (AvgIpc) is 2.75. The molecule has 7 nitrogen and oxygen atoms in total. The summed E-state index contributed by atoms with van der Waals surface area (Å²) in [5, 5.41) is 6.40. The van der Waals surface area contributed by atoms with Crippen LogP contribution in [0.4, 0.5) is 5.82 Å². The van der Waals surface area contributed by atoms with Gasteiger partial charge in [-0.3, -0.25) is 9.82 Å². The number of imidazole rings is 1. The van der Waals surface area contributed by atoms with Crippen LogP contribution in [0.25, 0.3) is 0 Å². The maximum atomic E-state index is 11.6. The van der Waals surface area contributed by atoms with Crippen LogP contribution in [-0.4, -0.2) is 28.6 Å². The van der Waals surface area contributed by atoms with Gasteiger partial charge in [0.2, 0.25) is 0 Å². The predicted octanol–water partition coefficient (Wildman–Crippen LogP) is 0.242. The van der Waals surface area contributed by atoms with Gasteiger partial charge in [0.25, 0.3) is 10.0 Å². The second-order valence-electron chi connectivity index (χ2n) is 2.96. The molecule has 0 amide bonds. The lowest BCUT2D eigenvalue weighted by molar-refractivity contribution is 0.598. The van der Waals surface area contributed by atoms with E-state index < -0.39 is 10.0 Å². The lowest BCUT2D eigenvalue weighted by atomic mass is 10.5. The summed E-state index contributed by atoms with van der Waals surface area (Å²) < 4.78 is 25.6. The predicted molar refractivity (Wildman–Crippen MR) is 52.7 cm³/mol. The fraction of sp³-hybridized carbons (Fsp3) is 0.143. The molecule has 8 heteroatoms. The molecular formula is C7H9N5O2S. The number of hydrogen-bond donors (Lipinski definition) is 3. The van der Waals surface area contributed by atoms with Crippen LogP contribution in [0.15, 0.2) is 23.6 Å². The van der Waals surface area contributed by atoms with Crippen molar-refractivity contribution in [1.82, 2.24) is 20.2 Å². The van der Waals surface area contributed by atoms with Crippen molar-refractivity contribution in [2.75, 3.05) is 4.72 Å². The second-order valence-corrected chi connectivity index (χ2v) is 4.61. The van der Waals surface area contributed by atoms with Crippen molar-refractivity contribution in [2.24, 2.45) is 0 Å². The van der Waals surface area contributed by atoms with Gasteiger partial charge in [0.05, 0.1) is 12.5 Å². The molecule has 15 heavy (non-hydrogen) atoms. The van der Waals surface area contributed by atoms with E-state index in [4.69, 9.17) is 0 Å². The minimum absolute atomic E-state index is 0.00292. The molecule has 2 heterocycles. The van der Waals surface area contributed by atoms with Crippen molar-refractivity contribution in [3.8, 4) is 0 Å². The summed E-state index contributed by atoms with van der Waals surface area (Å²) in [6.45, 7) is 1.78. The van der Waals surface area contributed by atoms with E-state index in [0.717, 1.165) is 5.69 Å². The summed E-state index contributed by atoms with van der Waals surface area (Å²) in [6.07, 6.45) is 2.52. The van der Waals surface area contributed by atoms with Crippen molar-refractivity contribution in [3.05, 3.63) is 24.3 Å². The van der Waals surface area contributed by atoms with Gasteiger partial charge in [-0.1, -0.05) is 0 Å². The first-order valence-corrected chi connectivity index (χ1v) is 5.59. The van der Waals surface area contributed by atoms with E-state index in [2.05, 4.69) is 24.9 Å². The molecule has 0 radical (unpaired) electrons. The number of nitrogens with zero attached hydrogens (tertiary/aromatic N) is 2. The highest BCUT2D eigenvalue weighted by Crippen LogP contribution is 2.11. The van der Waals surface area contributed by atoms with Crippen molar-refractivity contribution in [2.45, 2.75) is 11.9 Å². The summed E-state index contributed by atoms with van der Waals surface area (Å²) in [6, 6.07) is 1.59. The highest BCUT2D eigenvalue weighted by atomic mass is 32.2. The Kier molecular flexibility index (Phi) is 2.19. The summed E-state index contributed by atoms with van der Waals surface area (Å²) >= 11 is 0. The van der Waals surface area contributed by atoms with Gasteiger partial charge >= 0.3 is 0 Å². The largest absolute Gasteiger partial charge is 0.334 e. The maximum absolute atomic E-state index is 11.6. The Bertz CT molecular complexity index is 542.